The molecule has 0 saturated carbocycles. The Bertz CT molecular complexity index is 691. The van der Waals surface area contributed by atoms with Crippen molar-refractivity contribution in [3.05, 3.63) is 64.9 Å². The van der Waals surface area contributed by atoms with Crippen LogP contribution < -0.4 is 4.90 Å². The van der Waals surface area contributed by atoms with Crippen molar-refractivity contribution in [2.45, 2.75) is 0 Å². The molecule has 4 nitrogen and oxygen atoms in total. The first-order valence-corrected chi connectivity index (χ1v) is 6.80. The van der Waals surface area contributed by atoms with Crippen LogP contribution in [0.15, 0.2) is 48.5 Å². The first kappa shape index (κ1) is 16.0. The average molecular weight is 322 g/mol. The largest absolute Gasteiger partial charge is 0.452 e. The fraction of sp³-hybridized carbons (Fsp3) is 0.125. The van der Waals surface area contributed by atoms with Gasteiger partial charge in [0, 0.05) is 12.7 Å². The molecule has 22 heavy (non-hydrogen) atoms. The van der Waals surface area contributed by atoms with Gasteiger partial charge in [0.2, 0.25) is 0 Å². The van der Waals surface area contributed by atoms with Crippen molar-refractivity contribution in [2.75, 3.05) is 18.6 Å². The van der Waals surface area contributed by atoms with Crippen LogP contribution in [0, 0.1) is 5.82 Å². The summed E-state index contributed by atoms with van der Waals surface area (Å²) in [6.07, 6.45) is 0. The number of anilines is 1. The van der Waals surface area contributed by atoms with Gasteiger partial charge < -0.3 is 9.64 Å². The van der Waals surface area contributed by atoms with Crippen LogP contribution in [0.25, 0.3) is 0 Å². The normalized spacial score (nSPS) is 10.1. The van der Waals surface area contributed by atoms with Crippen LogP contribution in [-0.4, -0.2) is 25.5 Å². The van der Waals surface area contributed by atoms with E-state index >= 15 is 0 Å². The van der Waals surface area contributed by atoms with Crippen LogP contribution in [0.3, 0.4) is 0 Å². The summed E-state index contributed by atoms with van der Waals surface area (Å²) in [6, 6.07) is 12.4. The number of carbonyl (C=O) groups excluding carboxylic acids is 2. The Morgan fingerprint density at radius 3 is 2.50 bits per heavy atom. The van der Waals surface area contributed by atoms with Crippen LogP contribution in [0.4, 0.5) is 10.1 Å². The molecule has 0 saturated heterocycles. The van der Waals surface area contributed by atoms with Crippen LogP contribution in [0.2, 0.25) is 5.02 Å². The van der Waals surface area contributed by atoms with E-state index in [1.54, 1.807) is 31.3 Å². The van der Waals surface area contributed by atoms with Gasteiger partial charge in [-0.2, -0.15) is 0 Å². The van der Waals surface area contributed by atoms with Crippen molar-refractivity contribution in [2.24, 2.45) is 0 Å². The summed E-state index contributed by atoms with van der Waals surface area (Å²) < 4.78 is 17.9. The highest BCUT2D eigenvalue weighted by Crippen LogP contribution is 2.17. The molecule has 0 bridgehead atoms. The second-order valence-corrected chi connectivity index (χ2v) is 4.90. The molecule has 0 atom stereocenters. The Kier molecular flexibility index (Phi) is 5.12. The minimum absolute atomic E-state index is 0.0848. The summed E-state index contributed by atoms with van der Waals surface area (Å²) in [5.74, 6) is -1.75. The second-order valence-electron chi connectivity index (χ2n) is 4.49. The zero-order valence-electron chi connectivity index (χ0n) is 11.8. The summed E-state index contributed by atoms with van der Waals surface area (Å²) in [7, 11) is 1.58. The maximum Gasteiger partial charge on any atom is 0.338 e. The van der Waals surface area contributed by atoms with Gasteiger partial charge in [0.25, 0.3) is 5.91 Å². The summed E-state index contributed by atoms with van der Waals surface area (Å²) in [4.78, 5) is 25.1. The highest BCUT2D eigenvalue weighted by molar-refractivity contribution is 6.31. The van der Waals surface area contributed by atoms with Gasteiger partial charge in [-0.1, -0.05) is 29.8 Å². The van der Waals surface area contributed by atoms with E-state index in [0.29, 0.717) is 5.69 Å². The van der Waals surface area contributed by atoms with Crippen LogP contribution in [0.5, 0.6) is 0 Å². The molecule has 2 aromatic carbocycles. The fourth-order valence-corrected chi connectivity index (χ4v) is 1.91. The molecule has 2 aromatic rings. The zero-order chi connectivity index (χ0) is 16.1. The van der Waals surface area contributed by atoms with Crippen molar-refractivity contribution in [3.8, 4) is 0 Å². The maximum absolute atomic E-state index is 13.0. The van der Waals surface area contributed by atoms with E-state index < -0.39 is 18.4 Å². The third-order valence-corrected chi connectivity index (χ3v) is 3.29. The van der Waals surface area contributed by atoms with Gasteiger partial charge in [0.1, 0.15) is 5.82 Å². The van der Waals surface area contributed by atoms with Gasteiger partial charge in [-0.15, -0.1) is 0 Å². The van der Waals surface area contributed by atoms with Gasteiger partial charge in [0.15, 0.2) is 6.61 Å². The van der Waals surface area contributed by atoms with Gasteiger partial charge in [-0.05, 0) is 30.3 Å². The van der Waals surface area contributed by atoms with Crippen LogP contribution in [-0.2, 0) is 9.53 Å². The molecular weight excluding hydrogens is 309 g/mol. The summed E-state index contributed by atoms with van der Waals surface area (Å²) >= 11 is 5.59. The first-order valence-electron chi connectivity index (χ1n) is 6.43. The quantitative estimate of drug-likeness (QED) is 0.812. The number of nitrogens with zero attached hydrogens (tertiary/aromatic N) is 1. The molecule has 0 aliphatic heterocycles. The number of likely N-dealkylation sites (N-methyl/N-ethyl adjacent to an activating group) is 1. The number of halogens is 2. The van der Waals surface area contributed by atoms with Crippen molar-refractivity contribution in [1.29, 1.82) is 0 Å². The second kappa shape index (κ2) is 7.04. The van der Waals surface area contributed by atoms with Crippen molar-refractivity contribution in [3.63, 3.8) is 0 Å². The highest BCUT2D eigenvalue weighted by Gasteiger charge is 2.15. The Morgan fingerprint density at radius 1 is 1.18 bits per heavy atom. The molecule has 0 spiro atoms. The first-order chi connectivity index (χ1) is 10.5. The predicted molar refractivity (Wildman–Crippen MR) is 81.5 cm³/mol. The van der Waals surface area contributed by atoms with E-state index in [0.717, 1.165) is 12.1 Å². The van der Waals surface area contributed by atoms with Crippen LogP contribution >= 0.6 is 11.6 Å². The number of carbonyl (C=O) groups is 2. The lowest BCUT2D eigenvalue weighted by Crippen LogP contribution is -2.31. The lowest BCUT2D eigenvalue weighted by Gasteiger charge is -2.17. The molecule has 2 rings (SSSR count). The molecule has 0 unspecified atom stereocenters. The molecule has 0 fully saturated rings. The number of para-hydroxylation sites is 1. The topological polar surface area (TPSA) is 46.6 Å². The zero-order valence-corrected chi connectivity index (χ0v) is 12.5. The molecule has 0 aliphatic rings. The van der Waals surface area contributed by atoms with Gasteiger partial charge >= 0.3 is 5.97 Å². The summed E-state index contributed by atoms with van der Waals surface area (Å²) in [6.45, 7) is -0.417. The molecule has 114 valence electrons. The van der Waals surface area contributed by atoms with Crippen LogP contribution in [0.1, 0.15) is 10.4 Å². The average Bonchev–Trinajstić information content (AvgIpc) is 2.54. The number of amides is 1. The lowest BCUT2D eigenvalue weighted by atomic mass is 10.2. The third kappa shape index (κ3) is 3.83. The van der Waals surface area contributed by atoms with E-state index in [1.807, 2.05) is 6.07 Å². The summed E-state index contributed by atoms with van der Waals surface area (Å²) in [5.41, 5.74) is 0.773. The van der Waals surface area contributed by atoms with Gasteiger partial charge in [-0.3, -0.25) is 4.79 Å². The monoisotopic (exact) mass is 321 g/mol. The number of esters is 1. The van der Waals surface area contributed by atoms with Crippen molar-refractivity contribution in [1.82, 2.24) is 0 Å². The molecule has 0 radical (unpaired) electrons. The molecular formula is C16H13ClFNO3. The van der Waals surface area contributed by atoms with E-state index in [4.69, 9.17) is 16.3 Å². The number of ether oxygens (including phenoxy) is 1. The minimum atomic E-state index is -0.739. The fourth-order valence-electron chi connectivity index (χ4n) is 1.73. The third-order valence-electron chi connectivity index (χ3n) is 3.00. The Hall–Kier alpha value is -2.40. The number of benzene rings is 2. The lowest BCUT2D eigenvalue weighted by molar-refractivity contribution is -0.121. The SMILES string of the molecule is CN(C(=O)COC(=O)c1ccc(F)c(Cl)c1)c1ccccc1. The highest BCUT2D eigenvalue weighted by atomic mass is 35.5. The van der Waals surface area contributed by atoms with E-state index in [1.165, 1.54) is 11.0 Å². The Balaban J connectivity index is 1.96. The minimum Gasteiger partial charge on any atom is -0.452 e. The van der Waals surface area contributed by atoms with E-state index in [9.17, 15) is 14.0 Å². The molecule has 1 amide bonds. The molecule has 0 heterocycles. The summed E-state index contributed by atoms with van der Waals surface area (Å²) in [5, 5.41) is -0.179. The van der Waals surface area contributed by atoms with Gasteiger partial charge in [-0.25, -0.2) is 9.18 Å². The van der Waals surface area contributed by atoms with E-state index in [-0.39, 0.29) is 16.5 Å². The van der Waals surface area contributed by atoms with Crippen molar-refractivity contribution >= 4 is 29.2 Å². The molecule has 0 aromatic heterocycles. The Labute approximate surface area is 132 Å². The number of hydrogen-bond donors (Lipinski definition) is 0. The number of rotatable bonds is 4. The van der Waals surface area contributed by atoms with Gasteiger partial charge in [0.05, 0.1) is 10.6 Å². The maximum atomic E-state index is 13.0. The smallest absolute Gasteiger partial charge is 0.338 e. The standard InChI is InChI=1S/C16H13ClFNO3/c1-19(12-5-3-2-4-6-12)15(20)10-22-16(21)11-7-8-14(18)13(17)9-11/h2-9H,10H2,1H3. The molecule has 6 heteroatoms. The van der Waals surface area contributed by atoms with E-state index in [2.05, 4.69) is 0 Å². The number of hydrogen-bond acceptors (Lipinski definition) is 3. The van der Waals surface area contributed by atoms with Crippen molar-refractivity contribution < 1.29 is 18.7 Å². The Morgan fingerprint density at radius 2 is 1.86 bits per heavy atom. The molecule has 0 N–H and O–H groups in total. The molecule has 0 aliphatic carbocycles. The predicted octanol–water partition coefficient (Wildman–Crippen LogP) is 3.30.